The summed E-state index contributed by atoms with van der Waals surface area (Å²) in [4.78, 5) is 35.1. The average molecular weight is 510 g/mol. The van der Waals surface area contributed by atoms with Crippen molar-refractivity contribution in [1.82, 2.24) is 29.6 Å². The second-order valence-electron chi connectivity index (χ2n) is 10.4. The molecule has 0 saturated heterocycles. The number of aryl methyl sites for hydroxylation is 2. The minimum Gasteiger partial charge on any atom is -0.361 e. The second kappa shape index (κ2) is 11.2. The monoisotopic (exact) mass is 509 g/mol. The van der Waals surface area contributed by atoms with Gasteiger partial charge in [-0.25, -0.2) is 4.98 Å². The maximum absolute atomic E-state index is 13.2. The van der Waals surface area contributed by atoms with Crippen LogP contribution in [-0.4, -0.2) is 57.4 Å². The first-order valence-electron chi connectivity index (χ1n) is 12.4. The predicted molar refractivity (Wildman–Crippen MR) is 141 cm³/mol. The number of nitrogens with one attached hydrogen (secondary N) is 2. The molecule has 1 aliphatic rings. The van der Waals surface area contributed by atoms with Gasteiger partial charge in [0, 0.05) is 58.1 Å². The van der Waals surface area contributed by atoms with E-state index in [9.17, 15) is 9.59 Å². The van der Waals surface area contributed by atoms with Crippen molar-refractivity contribution < 1.29 is 14.3 Å². The summed E-state index contributed by atoms with van der Waals surface area (Å²) in [6.45, 7) is 8.42. The first-order valence-corrected chi connectivity index (χ1v) is 16.1. The fraction of sp³-hybridized carbons (Fsp3) is 0.480. The van der Waals surface area contributed by atoms with Gasteiger partial charge in [-0.1, -0.05) is 26.1 Å². The van der Waals surface area contributed by atoms with E-state index >= 15 is 0 Å². The van der Waals surface area contributed by atoms with Gasteiger partial charge in [0.15, 0.2) is 5.69 Å². The van der Waals surface area contributed by atoms with Gasteiger partial charge in [-0.15, -0.1) is 0 Å². The molecule has 3 aromatic heterocycles. The van der Waals surface area contributed by atoms with Gasteiger partial charge in [-0.3, -0.25) is 19.3 Å². The molecule has 0 atom stereocenters. The first-order chi connectivity index (χ1) is 17.2. The molecule has 0 unspecified atom stereocenters. The van der Waals surface area contributed by atoms with Crippen LogP contribution in [0.5, 0.6) is 0 Å². The van der Waals surface area contributed by atoms with Gasteiger partial charge in [-0.05, 0) is 37.4 Å². The highest BCUT2D eigenvalue weighted by Crippen LogP contribution is 2.22. The summed E-state index contributed by atoms with van der Waals surface area (Å²) in [6.07, 6.45) is 8.69. The molecule has 0 aromatic carbocycles. The zero-order chi connectivity index (χ0) is 25.7. The molecule has 0 spiro atoms. The summed E-state index contributed by atoms with van der Waals surface area (Å²) < 4.78 is 9.36. The fourth-order valence-corrected chi connectivity index (χ4v) is 4.73. The third-order valence-electron chi connectivity index (χ3n) is 6.00. The Morgan fingerprint density at radius 1 is 1.11 bits per heavy atom. The minimum absolute atomic E-state index is 0.181. The van der Waals surface area contributed by atoms with E-state index in [1.54, 1.807) is 25.6 Å². The number of fused-ring (bicyclic) bond motifs is 6. The molecular weight excluding hydrogens is 474 g/mol. The van der Waals surface area contributed by atoms with E-state index in [0.29, 0.717) is 24.7 Å². The van der Waals surface area contributed by atoms with Crippen LogP contribution in [0.4, 0.5) is 5.69 Å². The highest BCUT2D eigenvalue weighted by Gasteiger charge is 2.22. The number of carbonyl (C=O) groups excluding carboxylic acids is 2. The summed E-state index contributed by atoms with van der Waals surface area (Å²) in [7, 11) is 0.489. The zero-order valence-electron chi connectivity index (χ0n) is 21.5. The number of ether oxygens (including phenoxy) is 1. The van der Waals surface area contributed by atoms with Crippen LogP contribution >= 0.6 is 0 Å². The third kappa shape index (κ3) is 6.67. The number of rotatable bonds is 5. The smallest absolute Gasteiger partial charge is 0.275 e. The van der Waals surface area contributed by atoms with Crippen molar-refractivity contribution in [3.8, 4) is 11.4 Å². The third-order valence-corrected chi connectivity index (χ3v) is 7.70. The molecule has 0 aliphatic carbocycles. The number of anilines is 1. The molecule has 0 radical (unpaired) electrons. The Morgan fingerprint density at radius 2 is 1.94 bits per heavy atom. The Bertz CT molecular complexity index is 1230. The lowest BCUT2D eigenvalue weighted by Gasteiger charge is -2.16. The van der Waals surface area contributed by atoms with Crippen molar-refractivity contribution in [2.24, 2.45) is 7.05 Å². The fourth-order valence-electron chi connectivity index (χ4n) is 3.98. The van der Waals surface area contributed by atoms with Gasteiger partial charge in [0.05, 0.1) is 5.69 Å². The number of aromatic nitrogens is 5. The first kappa shape index (κ1) is 25.8. The lowest BCUT2D eigenvalue weighted by Crippen LogP contribution is -2.26. The van der Waals surface area contributed by atoms with Gasteiger partial charge >= 0.3 is 0 Å². The van der Waals surface area contributed by atoms with E-state index in [1.807, 2.05) is 16.7 Å². The van der Waals surface area contributed by atoms with Crippen molar-refractivity contribution in [2.75, 3.05) is 18.5 Å². The van der Waals surface area contributed by atoms with Crippen LogP contribution in [0.1, 0.15) is 45.9 Å². The Hall–Kier alpha value is -3.31. The van der Waals surface area contributed by atoms with Crippen LogP contribution in [0.15, 0.2) is 30.7 Å². The minimum atomic E-state index is -1.22. The quantitative estimate of drug-likeness (QED) is 0.400. The lowest BCUT2D eigenvalue weighted by atomic mass is 10.1. The summed E-state index contributed by atoms with van der Waals surface area (Å²) in [5.74, 6) is -0.0893. The number of carbonyl (C=O) groups is 2. The molecule has 36 heavy (non-hydrogen) atoms. The van der Waals surface area contributed by atoms with Crippen LogP contribution < -0.4 is 10.6 Å². The lowest BCUT2D eigenvalue weighted by molar-refractivity contribution is 0.0881. The van der Waals surface area contributed by atoms with E-state index in [0.717, 1.165) is 43.0 Å². The average Bonchev–Trinajstić information content (AvgIpc) is 3.41. The van der Waals surface area contributed by atoms with Crippen molar-refractivity contribution in [2.45, 2.75) is 58.1 Å². The van der Waals surface area contributed by atoms with Gasteiger partial charge in [0.2, 0.25) is 0 Å². The largest absolute Gasteiger partial charge is 0.361 e. The number of imidazole rings is 1. The van der Waals surface area contributed by atoms with Crippen molar-refractivity contribution in [3.63, 3.8) is 0 Å². The van der Waals surface area contributed by atoms with E-state index < -0.39 is 14.0 Å². The molecule has 1 aliphatic heterocycles. The molecule has 4 heterocycles. The normalized spacial score (nSPS) is 15.1. The molecule has 0 saturated carbocycles. The van der Waals surface area contributed by atoms with Crippen LogP contribution in [0.25, 0.3) is 11.4 Å². The molecule has 2 N–H and O–H groups in total. The van der Waals surface area contributed by atoms with Crippen LogP contribution in [-0.2, 0) is 24.9 Å². The Balaban J connectivity index is 1.66. The molecule has 11 heteroatoms. The highest BCUT2D eigenvalue weighted by molar-refractivity contribution is 6.76. The zero-order valence-corrected chi connectivity index (χ0v) is 22.5. The van der Waals surface area contributed by atoms with Crippen molar-refractivity contribution in [3.05, 3.63) is 47.8 Å². The predicted octanol–water partition coefficient (Wildman–Crippen LogP) is 3.70. The van der Waals surface area contributed by atoms with E-state index in [-0.39, 0.29) is 24.0 Å². The summed E-state index contributed by atoms with van der Waals surface area (Å²) in [5.41, 5.74) is 2.62. The van der Waals surface area contributed by atoms with Crippen LogP contribution in [0, 0.1) is 0 Å². The van der Waals surface area contributed by atoms with Crippen LogP contribution in [0.3, 0.4) is 0 Å². The van der Waals surface area contributed by atoms with E-state index in [4.69, 9.17) is 4.74 Å². The van der Waals surface area contributed by atoms with E-state index in [1.165, 1.54) is 4.68 Å². The number of amides is 2. The Kier molecular flexibility index (Phi) is 8.00. The molecule has 4 bridgehead atoms. The molecule has 2 amide bonds. The summed E-state index contributed by atoms with van der Waals surface area (Å²) in [5, 5.41) is 9.96. The summed E-state index contributed by atoms with van der Waals surface area (Å²) in [6, 6.07) is 4.99. The molecular formula is C25H35N7O3Si. The number of hydrogen-bond acceptors (Lipinski definition) is 6. The molecule has 3 aromatic rings. The van der Waals surface area contributed by atoms with Crippen molar-refractivity contribution in [1.29, 1.82) is 0 Å². The maximum Gasteiger partial charge on any atom is 0.275 e. The number of pyridine rings is 1. The Morgan fingerprint density at radius 3 is 2.75 bits per heavy atom. The second-order valence-corrected chi connectivity index (χ2v) is 16.0. The topological polar surface area (TPSA) is 116 Å². The van der Waals surface area contributed by atoms with Gasteiger partial charge < -0.3 is 19.9 Å². The molecule has 4 rings (SSSR count). The van der Waals surface area contributed by atoms with Gasteiger partial charge in [0.25, 0.3) is 11.8 Å². The standard InChI is InChI=1S/C25H35N7O3Si/c1-31-15-20-22(30-31)25(34)27-10-7-5-6-8-19-14-18(9-11-26-19)23-28-21(24(33)29-20)16-32(23)17-35-12-13-36(2,3)4/h9,11,14-16H,5-8,10,12-13,17H2,1-4H3,(H,27,34)(H,29,33). The van der Waals surface area contributed by atoms with Gasteiger partial charge in [0.1, 0.15) is 18.2 Å². The van der Waals surface area contributed by atoms with Crippen LogP contribution in [0.2, 0.25) is 25.7 Å². The Labute approximate surface area is 212 Å². The summed E-state index contributed by atoms with van der Waals surface area (Å²) >= 11 is 0. The number of hydrogen-bond donors (Lipinski definition) is 2. The maximum atomic E-state index is 13.2. The highest BCUT2D eigenvalue weighted by atomic mass is 28.3. The van der Waals surface area contributed by atoms with Gasteiger partial charge in [-0.2, -0.15) is 5.10 Å². The van der Waals surface area contributed by atoms with Crippen molar-refractivity contribution >= 4 is 25.6 Å². The molecule has 0 fully saturated rings. The molecule has 192 valence electrons. The molecule has 10 nitrogen and oxygen atoms in total. The number of nitrogens with zero attached hydrogens (tertiary/aromatic N) is 5. The SMILES string of the molecule is Cn1cc2c(n1)C(=O)NCCCCCc1cc(ccn1)-c1nc(cn1COCC[Si](C)(C)C)C(=O)N2. The van der Waals surface area contributed by atoms with E-state index in [2.05, 4.69) is 45.3 Å².